The fraction of sp³-hybridized carbons (Fsp3) is 0.310. The van der Waals surface area contributed by atoms with Crippen molar-refractivity contribution in [2.45, 2.75) is 38.1 Å². The van der Waals surface area contributed by atoms with Crippen LogP contribution >= 0.6 is 0 Å². The summed E-state index contributed by atoms with van der Waals surface area (Å²) >= 11 is 0. The molecule has 37 heavy (non-hydrogen) atoms. The molecular formula is C29H33N5O2S. The Hall–Kier alpha value is -3.33. The van der Waals surface area contributed by atoms with E-state index in [2.05, 4.69) is 43.1 Å². The third-order valence-electron chi connectivity index (χ3n) is 7.10. The second-order valence-electron chi connectivity index (χ2n) is 9.55. The van der Waals surface area contributed by atoms with Crippen LogP contribution in [0.25, 0.3) is 10.9 Å². The van der Waals surface area contributed by atoms with Crippen molar-refractivity contribution in [2.24, 2.45) is 0 Å². The van der Waals surface area contributed by atoms with Gasteiger partial charge in [-0.05, 0) is 62.2 Å². The van der Waals surface area contributed by atoms with Gasteiger partial charge in [0.15, 0.2) is 0 Å². The number of fused-ring (bicyclic) bond motifs is 1. The minimum absolute atomic E-state index is 0.0585. The smallest absolute Gasteiger partial charge is 0.243 e. The molecule has 2 heterocycles. The molecule has 0 amide bonds. The van der Waals surface area contributed by atoms with Crippen LogP contribution in [0.5, 0.6) is 0 Å². The summed E-state index contributed by atoms with van der Waals surface area (Å²) in [5.41, 5.74) is 4.18. The number of nitrogens with one attached hydrogen (secondary N) is 1. The molecule has 8 heteroatoms. The van der Waals surface area contributed by atoms with Crippen LogP contribution in [-0.2, 0) is 16.4 Å². The molecule has 0 spiro atoms. The van der Waals surface area contributed by atoms with Gasteiger partial charge in [0.2, 0.25) is 10.0 Å². The van der Waals surface area contributed by atoms with Crippen LogP contribution in [0.3, 0.4) is 0 Å². The van der Waals surface area contributed by atoms with Gasteiger partial charge in [0, 0.05) is 37.3 Å². The highest BCUT2D eigenvalue weighted by Gasteiger charge is 2.31. The number of benzene rings is 3. The Bertz CT molecular complexity index is 1480. The number of anilines is 2. The molecule has 192 valence electrons. The maximum absolute atomic E-state index is 13.2. The normalized spacial score (nSPS) is 16.1. The molecule has 5 rings (SSSR count). The summed E-state index contributed by atoms with van der Waals surface area (Å²) in [6.45, 7) is 8.32. The van der Waals surface area contributed by atoms with E-state index in [1.54, 1.807) is 16.4 Å². The first kappa shape index (κ1) is 25.3. The third kappa shape index (κ3) is 5.37. The van der Waals surface area contributed by atoms with Crippen molar-refractivity contribution < 1.29 is 8.42 Å². The summed E-state index contributed by atoms with van der Waals surface area (Å²) in [4.78, 5) is 12.4. The maximum atomic E-state index is 13.2. The zero-order chi connectivity index (χ0) is 26.0. The van der Waals surface area contributed by atoms with E-state index in [0.29, 0.717) is 31.1 Å². The molecule has 1 N–H and O–H groups in total. The van der Waals surface area contributed by atoms with Gasteiger partial charge in [0.1, 0.15) is 11.6 Å². The minimum Gasteiger partial charge on any atom is -0.340 e. The highest BCUT2D eigenvalue weighted by Crippen LogP contribution is 2.28. The number of nitrogens with zero attached hydrogens (tertiary/aromatic N) is 4. The summed E-state index contributed by atoms with van der Waals surface area (Å²) in [7, 11) is -3.51. The van der Waals surface area contributed by atoms with Crippen LogP contribution in [-0.4, -0.2) is 53.8 Å². The first-order chi connectivity index (χ1) is 17.8. The highest BCUT2D eigenvalue weighted by molar-refractivity contribution is 7.89. The SMILES string of the molecule is CCc1ccc(S(=O)(=O)N2CCN([C@@H](C)c3nc(Nc4ccc(C)cc4)c4ccccc4n3)CC2)cc1. The van der Waals surface area contributed by atoms with E-state index < -0.39 is 10.0 Å². The number of aryl methyl sites for hydroxylation is 2. The van der Waals surface area contributed by atoms with E-state index in [0.717, 1.165) is 40.2 Å². The molecule has 0 bridgehead atoms. The van der Waals surface area contributed by atoms with Crippen molar-refractivity contribution in [1.82, 2.24) is 19.2 Å². The Morgan fingerprint density at radius 3 is 2.24 bits per heavy atom. The second kappa shape index (κ2) is 10.6. The molecule has 7 nitrogen and oxygen atoms in total. The van der Waals surface area contributed by atoms with Gasteiger partial charge in [0.05, 0.1) is 16.5 Å². The lowest BCUT2D eigenvalue weighted by molar-refractivity contribution is 0.141. The van der Waals surface area contributed by atoms with Gasteiger partial charge in [-0.2, -0.15) is 4.31 Å². The van der Waals surface area contributed by atoms with Crippen molar-refractivity contribution in [3.05, 3.63) is 89.7 Å². The van der Waals surface area contributed by atoms with E-state index >= 15 is 0 Å². The summed E-state index contributed by atoms with van der Waals surface area (Å²) in [6, 6.07) is 23.4. The first-order valence-corrected chi connectivity index (χ1v) is 14.2. The molecule has 0 aliphatic carbocycles. The van der Waals surface area contributed by atoms with Crippen LogP contribution in [0.15, 0.2) is 77.7 Å². The predicted octanol–water partition coefficient (Wildman–Crippen LogP) is 5.31. The third-order valence-corrected chi connectivity index (χ3v) is 9.01. The monoisotopic (exact) mass is 515 g/mol. The standard InChI is InChI=1S/C29H33N5O2S/c1-4-23-11-15-25(16-12-23)37(35,36)34-19-17-33(18-20-34)22(3)28-31-27-8-6-5-7-26(27)29(32-28)30-24-13-9-21(2)10-14-24/h5-16,22H,4,17-20H2,1-3H3,(H,30,31,32)/t22-/m0/s1. The average molecular weight is 516 g/mol. The Balaban J connectivity index is 1.34. The molecule has 0 unspecified atom stereocenters. The van der Waals surface area contributed by atoms with Crippen LogP contribution < -0.4 is 5.32 Å². The summed E-state index contributed by atoms with van der Waals surface area (Å²) in [5.74, 6) is 1.49. The second-order valence-corrected chi connectivity index (χ2v) is 11.5. The summed E-state index contributed by atoms with van der Waals surface area (Å²) in [5, 5.41) is 4.43. The number of hydrogen-bond acceptors (Lipinski definition) is 6. The maximum Gasteiger partial charge on any atom is 0.243 e. The van der Waals surface area contributed by atoms with E-state index in [9.17, 15) is 8.42 Å². The van der Waals surface area contributed by atoms with Gasteiger partial charge in [-0.15, -0.1) is 0 Å². The van der Waals surface area contributed by atoms with E-state index in [-0.39, 0.29) is 6.04 Å². The Kier molecular flexibility index (Phi) is 7.24. The van der Waals surface area contributed by atoms with E-state index in [1.165, 1.54) is 5.56 Å². The van der Waals surface area contributed by atoms with Gasteiger partial charge in [-0.25, -0.2) is 18.4 Å². The number of hydrogen-bond donors (Lipinski definition) is 1. The van der Waals surface area contributed by atoms with E-state index in [4.69, 9.17) is 9.97 Å². The van der Waals surface area contributed by atoms with Crippen LogP contribution in [0, 0.1) is 6.92 Å². The molecule has 1 aromatic heterocycles. The lowest BCUT2D eigenvalue weighted by Crippen LogP contribution is -2.49. The Labute approximate surface area is 219 Å². The largest absolute Gasteiger partial charge is 0.340 e. The molecule has 1 aliphatic heterocycles. The average Bonchev–Trinajstić information content (AvgIpc) is 2.94. The molecule has 3 aromatic carbocycles. The van der Waals surface area contributed by atoms with Crippen LogP contribution in [0.2, 0.25) is 0 Å². The van der Waals surface area contributed by atoms with Crippen molar-refractivity contribution in [3.63, 3.8) is 0 Å². The van der Waals surface area contributed by atoms with Gasteiger partial charge < -0.3 is 5.32 Å². The molecule has 1 fully saturated rings. The van der Waals surface area contributed by atoms with Gasteiger partial charge in [-0.1, -0.05) is 48.9 Å². The number of rotatable bonds is 7. The molecule has 0 radical (unpaired) electrons. The van der Waals surface area contributed by atoms with Crippen molar-refractivity contribution in [2.75, 3.05) is 31.5 Å². The number of sulfonamides is 1. The van der Waals surface area contributed by atoms with Crippen molar-refractivity contribution in [3.8, 4) is 0 Å². The topological polar surface area (TPSA) is 78.4 Å². The molecular weight excluding hydrogens is 482 g/mol. The van der Waals surface area contributed by atoms with Gasteiger partial charge >= 0.3 is 0 Å². The Morgan fingerprint density at radius 1 is 0.892 bits per heavy atom. The summed E-state index contributed by atoms with van der Waals surface area (Å²) < 4.78 is 28.0. The summed E-state index contributed by atoms with van der Waals surface area (Å²) in [6.07, 6.45) is 0.885. The van der Waals surface area contributed by atoms with Crippen LogP contribution in [0.4, 0.5) is 11.5 Å². The lowest BCUT2D eigenvalue weighted by atomic mass is 10.2. The minimum atomic E-state index is -3.51. The van der Waals surface area contributed by atoms with Gasteiger partial charge in [0.25, 0.3) is 0 Å². The number of piperazine rings is 1. The molecule has 1 aliphatic rings. The zero-order valence-corrected chi connectivity index (χ0v) is 22.4. The Morgan fingerprint density at radius 2 is 1.57 bits per heavy atom. The highest BCUT2D eigenvalue weighted by atomic mass is 32.2. The molecule has 1 saturated heterocycles. The zero-order valence-electron chi connectivity index (χ0n) is 21.6. The van der Waals surface area contributed by atoms with Crippen molar-refractivity contribution >= 4 is 32.4 Å². The van der Waals surface area contributed by atoms with E-state index in [1.807, 2.05) is 48.5 Å². The molecule has 0 saturated carbocycles. The quantitative estimate of drug-likeness (QED) is 0.359. The van der Waals surface area contributed by atoms with Crippen LogP contribution in [0.1, 0.15) is 36.8 Å². The fourth-order valence-corrected chi connectivity index (χ4v) is 6.11. The first-order valence-electron chi connectivity index (χ1n) is 12.8. The lowest BCUT2D eigenvalue weighted by Gasteiger charge is -2.36. The number of para-hydroxylation sites is 1. The fourth-order valence-electron chi connectivity index (χ4n) is 4.69. The number of aromatic nitrogens is 2. The molecule has 4 aromatic rings. The van der Waals surface area contributed by atoms with Crippen molar-refractivity contribution in [1.29, 1.82) is 0 Å². The van der Waals surface area contributed by atoms with Gasteiger partial charge in [-0.3, -0.25) is 4.90 Å². The molecule has 1 atom stereocenters. The predicted molar refractivity (Wildman–Crippen MR) is 149 cm³/mol.